The molecule has 2 heterocycles. The van der Waals surface area contributed by atoms with Crippen LogP contribution in [0, 0.1) is 0 Å². The molecule has 1 saturated heterocycles. The first kappa shape index (κ1) is 13.6. The first-order valence-electron chi connectivity index (χ1n) is 7.25. The average Bonchev–Trinajstić information content (AvgIpc) is 3.01. The fourth-order valence-corrected chi connectivity index (χ4v) is 2.64. The van der Waals surface area contributed by atoms with E-state index in [1.165, 1.54) is 38.0 Å². The molecule has 0 spiro atoms. The maximum Gasteiger partial charge on any atom is 0.0949 e. The molecule has 0 aliphatic carbocycles. The summed E-state index contributed by atoms with van der Waals surface area (Å²) in [5.41, 5.74) is 1.30. The first-order chi connectivity index (χ1) is 8.81. The van der Waals surface area contributed by atoms with Crippen LogP contribution in [-0.4, -0.2) is 40.1 Å². The van der Waals surface area contributed by atoms with Crippen molar-refractivity contribution in [2.75, 3.05) is 19.6 Å². The van der Waals surface area contributed by atoms with Crippen molar-refractivity contribution in [1.29, 1.82) is 0 Å². The molecule has 1 aliphatic heterocycles. The zero-order chi connectivity index (χ0) is 12.8. The van der Waals surface area contributed by atoms with E-state index in [2.05, 4.69) is 33.6 Å². The molecule has 1 unspecified atom stereocenters. The highest BCUT2D eigenvalue weighted by molar-refractivity contribution is 4.98. The number of hydrogen-bond donors (Lipinski definition) is 1. The third-order valence-corrected chi connectivity index (χ3v) is 3.76. The van der Waals surface area contributed by atoms with E-state index in [0.29, 0.717) is 6.04 Å². The van der Waals surface area contributed by atoms with Gasteiger partial charge in [0, 0.05) is 25.3 Å². The standard InChI is InChI=1S/C14H26N4/c1-3-6-15-9-14-10-16-12-18(14)11-13(2)17-7-4-5-8-17/h10,12-13,15H,3-9,11H2,1-2H3. The Bertz CT molecular complexity index is 341. The summed E-state index contributed by atoms with van der Waals surface area (Å²) in [5.74, 6) is 0. The largest absolute Gasteiger partial charge is 0.332 e. The molecule has 0 aromatic carbocycles. The van der Waals surface area contributed by atoms with Gasteiger partial charge in [-0.05, 0) is 45.8 Å². The third-order valence-electron chi connectivity index (χ3n) is 3.76. The van der Waals surface area contributed by atoms with Gasteiger partial charge in [-0.15, -0.1) is 0 Å². The number of likely N-dealkylation sites (tertiary alicyclic amines) is 1. The Labute approximate surface area is 110 Å². The van der Waals surface area contributed by atoms with Crippen molar-refractivity contribution in [3.05, 3.63) is 18.2 Å². The van der Waals surface area contributed by atoms with E-state index in [-0.39, 0.29) is 0 Å². The summed E-state index contributed by atoms with van der Waals surface area (Å²) >= 11 is 0. The number of hydrogen-bond acceptors (Lipinski definition) is 3. The molecule has 4 heteroatoms. The Kier molecular flexibility index (Phi) is 5.20. The number of nitrogens with zero attached hydrogens (tertiary/aromatic N) is 3. The summed E-state index contributed by atoms with van der Waals surface area (Å²) in [7, 11) is 0. The van der Waals surface area contributed by atoms with Gasteiger partial charge >= 0.3 is 0 Å². The predicted molar refractivity (Wildman–Crippen MR) is 74.5 cm³/mol. The minimum atomic E-state index is 0.617. The zero-order valence-electron chi connectivity index (χ0n) is 11.7. The molecular formula is C14H26N4. The Hall–Kier alpha value is -0.870. The second-order valence-corrected chi connectivity index (χ2v) is 5.31. The predicted octanol–water partition coefficient (Wildman–Crippen LogP) is 1.87. The second kappa shape index (κ2) is 6.90. The van der Waals surface area contributed by atoms with Crippen LogP contribution in [0.25, 0.3) is 0 Å². The van der Waals surface area contributed by atoms with Gasteiger partial charge in [-0.1, -0.05) is 6.92 Å². The molecule has 4 nitrogen and oxygen atoms in total. The van der Waals surface area contributed by atoms with Crippen molar-refractivity contribution < 1.29 is 0 Å². The minimum Gasteiger partial charge on any atom is -0.332 e. The van der Waals surface area contributed by atoms with Gasteiger partial charge in [0.1, 0.15) is 0 Å². The highest BCUT2D eigenvalue weighted by atomic mass is 15.2. The molecule has 1 N–H and O–H groups in total. The van der Waals surface area contributed by atoms with Crippen molar-refractivity contribution in [3.8, 4) is 0 Å². The highest BCUT2D eigenvalue weighted by Crippen LogP contribution is 2.13. The number of rotatable bonds is 7. The van der Waals surface area contributed by atoms with Crippen molar-refractivity contribution in [3.63, 3.8) is 0 Å². The van der Waals surface area contributed by atoms with E-state index in [4.69, 9.17) is 0 Å². The zero-order valence-corrected chi connectivity index (χ0v) is 11.7. The summed E-state index contributed by atoms with van der Waals surface area (Å²) in [5, 5.41) is 3.45. The molecular weight excluding hydrogens is 224 g/mol. The van der Waals surface area contributed by atoms with Crippen LogP contribution >= 0.6 is 0 Å². The van der Waals surface area contributed by atoms with Gasteiger partial charge in [0.2, 0.25) is 0 Å². The SMILES string of the molecule is CCCNCc1cncn1CC(C)N1CCCC1. The number of aromatic nitrogens is 2. The van der Waals surface area contributed by atoms with E-state index < -0.39 is 0 Å². The quantitative estimate of drug-likeness (QED) is 0.750. The smallest absolute Gasteiger partial charge is 0.0949 e. The Morgan fingerprint density at radius 3 is 2.89 bits per heavy atom. The summed E-state index contributed by atoms with van der Waals surface area (Å²) in [6, 6.07) is 0.617. The monoisotopic (exact) mass is 250 g/mol. The van der Waals surface area contributed by atoms with Crippen LogP contribution in [0.1, 0.15) is 38.8 Å². The average molecular weight is 250 g/mol. The van der Waals surface area contributed by atoms with Gasteiger partial charge in [0.25, 0.3) is 0 Å². The molecule has 0 radical (unpaired) electrons. The summed E-state index contributed by atoms with van der Waals surface area (Å²) in [4.78, 5) is 6.87. The Morgan fingerprint density at radius 1 is 1.39 bits per heavy atom. The van der Waals surface area contributed by atoms with Crippen LogP contribution in [0.15, 0.2) is 12.5 Å². The second-order valence-electron chi connectivity index (χ2n) is 5.31. The first-order valence-corrected chi connectivity index (χ1v) is 7.25. The van der Waals surface area contributed by atoms with Crippen molar-refractivity contribution in [2.24, 2.45) is 0 Å². The van der Waals surface area contributed by atoms with E-state index in [1.807, 2.05) is 12.5 Å². The van der Waals surface area contributed by atoms with Crippen LogP contribution in [0.4, 0.5) is 0 Å². The van der Waals surface area contributed by atoms with Gasteiger partial charge in [-0.2, -0.15) is 0 Å². The van der Waals surface area contributed by atoms with Gasteiger partial charge in [0.05, 0.1) is 12.0 Å². The molecule has 18 heavy (non-hydrogen) atoms. The van der Waals surface area contributed by atoms with E-state index in [9.17, 15) is 0 Å². The molecule has 1 fully saturated rings. The molecule has 0 bridgehead atoms. The topological polar surface area (TPSA) is 33.1 Å². The lowest BCUT2D eigenvalue weighted by atomic mass is 10.3. The lowest BCUT2D eigenvalue weighted by molar-refractivity contribution is 0.234. The molecule has 1 aromatic rings. The van der Waals surface area contributed by atoms with Gasteiger partial charge < -0.3 is 9.88 Å². The van der Waals surface area contributed by atoms with Crippen LogP contribution in [0.3, 0.4) is 0 Å². The normalized spacial score (nSPS) is 18.3. The lowest BCUT2D eigenvalue weighted by Crippen LogP contribution is -2.34. The maximum atomic E-state index is 4.28. The Morgan fingerprint density at radius 2 is 2.17 bits per heavy atom. The van der Waals surface area contributed by atoms with Crippen LogP contribution in [-0.2, 0) is 13.1 Å². The number of imidazole rings is 1. The summed E-state index contributed by atoms with van der Waals surface area (Å²) < 4.78 is 2.30. The molecule has 1 atom stereocenters. The summed E-state index contributed by atoms with van der Waals surface area (Å²) in [6.45, 7) is 10.1. The molecule has 0 saturated carbocycles. The van der Waals surface area contributed by atoms with Crippen molar-refractivity contribution in [1.82, 2.24) is 19.8 Å². The van der Waals surface area contributed by atoms with Crippen LogP contribution < -0.4 is 5.32 Å². The molecule has 102 valence electrons. The third kappa shape index (κ3) is 3.56. The van der Waals surface area contributed by atoms with E-state index in [0.717, 1.165) is 19.6 Å². The molecule has 2 rings (SSSR count). The van der Waals surface area contributed by atoms with Crippen LogP contribution in [0.5, 0.6) is 0 Å². The molecule has 1 aromatic heterocycles. The van der Waals surface area contributed by atoms with Gasteiger partial charge in [-0.3, -0.25) is 4.90 Å². The van der Waals surface area contributed by atoms with Crippen molar-refractivity contribution in [2.45, 2.75) is 52.2 Å². The van der Waals surface area contributed by atoms with Gasteiger partial charge in [0.15, 0.2) is 0 Å². The fraction of sp³-hybridized carbons (Fsp3) is 0.786. The van der Waals surface area contributed by atoms with E-state index in [1.54, 1.807) is 0 Å². The summed E-state index contributed by atoms with van der Waals surface area (Å²) in [6.07, 6.45) is 7.85. The van der Waals surface area contributed by atoms with Crippen molar-refractivity contribution >= 4 is 0 Å². The minimum absolute atomic E-state index is 0.617. The maximum absolute atomic E-state index is 4.28. The van der Waals surface area contributed by atoms with E-state index >= 15 is 0 Å². The van der Waals surface area contributed by atoms with Crippen LogP contribution in [0.2, 0.25) is 0 Å². The molecule has 1 aliphatic rings. The molecule has 0 amide bonds. The Balaban J connectivity index is 1.86. The number of nitrogens with one attached hydrogen (secondary N) is 1. The van der Waals surface area contributed by atoms with Gasteiger partial charge in [-0.25, -0.2) is 4.98 Å². The lowest BCUT2D eigenvalue weighted by Gasteiger charge is -2.24. The fourth-order valence-electron chi connectivity index (χ4n) is 2.64. The highest BCUT2D eigenvalue weighted by Gasteiger charge is 2.18.